The highest BCUT2D eigenvalue weighted by molar-refractivity contribution is 7.86. The second-order valence-corrected chi connectivity index (χ2v) is 7.56. The van der Waals surface area contributed by atoms with Gasteiger partial charge in [-0.1, -0.05) is 35.9 Å². The largest absolute Gasteiger partial charge is 0.459 e. The van der Waals surface area contributed by atoms with Gasteiger partial charge in [0.25, 0.3) is 10.1 Å². The van der Waals surface area contributed by atoms with Crippen molar-refractivity contribution in [1.82, 2.24) is 0 Å². The van der Waals surface area contributed by atoms with Crippen molar-refractivity contribution in [3.63, 3.8) is 0 Å². The molecule has 2 aromatic rings. The summed E-state index contributed by atoms with van der Waals surface area (Å²) in [6, 6.07) is 15.1. The van der Waals surface area contributed by atoms with E-state index in [4.69, 9.17) is 8.92 Å². The predicted octanol–water partition coefficient (Wildman–Crippen LogP) is 3.72. The van der Waals surface area contributed by atoms with Crippen molar-refractivity contribution in [3.05, 3.63) is 65.7 Å². The fourth-order valence-corrected chi connectivity index (χ4v) is 3.45. The molecule has 134 valence electrons. The highest BCUT2D eigenvalue weighted by Crippen LogP contribution is 2.18. The molecule has 0 aliphatic rings. The lowest BCUT2D eigenvalue weighted by Gasteiger charge is -2.18. The number of carbonyl (C=O) groups is 1. The van der Waals surface area contributed by atoms with Gasteiger partial charge >= 0.3 is 5.97 Å². The van der Waals surface area contributed by atoms with Gasteiger partial charge in [0, 0.05) is 6.42 Å². The molecule has 5 nitrogen and oxygen atoms in total. The summed E-state index contributed by atoms with van der Waals surface area (Å²) in [6.45, 7) is 5.22. The van der Waals surface area contributed by atoms with E-state index in [2.05, 4.69) is 0 Å². The summed E-state index contributed by atoms with van der Waals surface area (Å²) in [7, 11) is -3.84. The molecule has 6 heteroatoms. The number of carbonyl (C=O) groups excluding carboxylic acids is 1. The summed E-state index contributed by atoms with van der Waals surface area (Å²) in [5.74, 6) is -0.443. The van der Waals surface area contributed by atoms with Crippen molar-refractivity contribution in [1.29, 1.82) is 0 Å². The Kier molecular flexibility index (Phi) is 6.33. The molecule has 25 heavy (non-hydrogen) atoms. The van der Waals surface area contributed by atoms with Gasteiger partial charge in [-0.2, -0.15) is 8.42 Å². The van der Waals surface area contributed by atoms with E-state index in [0.717, 1.165) is 5.56 Å². The Morgan fingerprint density at radius 2 is 1.56 bits per heavy atom. The molecule has 2 rings (SSSR count). The van der Waals surface area contributed by atoms with Crippen molar-refractivity contribution in [3.8, 4) is 0 Å². The summed E-state index contributed by atoms with van der Waals surface area (Å²) in [6.07, 6.45) is -0.829. The van der Waals surface area contributed by atoms with Crippen LogP contribution in [0.25, 0.3) is 0 Å². The molecule has 2 aromatic carbocycles. The van der Waals surface area contributed by atoms with Crippen molar-refractivity contribution in [2.45, 2.75) is 44.3 Å². The lowest BCUT2D eigenvalue weighted by molar-refractivity contribution is 0.0249. The van der Waals surface area contributed by atoms with Gasteiger partial charge in [0.05, 0.1) is 16.6 Å². The van der Waals surface area contributed by atoms with Crippen LogP contribution in [0.5, 0.6) is 0 Å². The molecule has 0 saturated heterocycles. The zero-order valence-corrected chi connectivity index (χ0v) is 15.3. The average Bonchev–Trinajstić information content (AvgIpc) is 2.55. The minimum Gasteiger partial charge on any atom is -0.459 e. The molecule has 0 aliphatic heterocycles. The second kappa shape index (κ2) is 8.27. The van der Waals surface area contributed by atoms with Crippen LogP contribution in [0.3, 0.4) is 0 Å². The maximum absolute atomic E-state index is 12.2. The maximum atomic E-state index is 12.2. The number of ether oxygens (including phenoxy) is 1. The molecule has 0 amide bonds. The molecule has 0 saturated carbocycles. The van der Waals surface area contributed by atoms with E-state index in [1.807, 2.05) is 13.0 Å². The molecule has 0 bridgehead atoms. The summed E-state index contributed by atoms with van der Waals surface area (Å²) < 4.78 is 35.0. The molecule has 0 spiro atoms. The Hall–Kier alpha value is -2.18. The van der Waals surface area contributed by atoms with Crippen LogP contribution in [0.4, 0.5) is 0 Å². The Bertz CT molecular complexity index is 797. The average molecular weight is 362 g/mol. The SMILES string of the molecule is Cc1ccc(S(=O)(=O)O[C@@H](C)C[C@@H](C)OC(=O)c2ccccc2)cc1. The molecule has 0 heterocycles. The topological polar surface area (TPSA) is 69.7 Å². The minimum absolute atomic E-state index is 0.110. The van der Waals surface area contributed by atoms with E-state index >= 15 is 0 Å². The number of rotatable bonds is 7. The zero-order valence-electron chi connectivity index (χ0n) is 14.5. The third kappa shape index (κ3) is 5.69. The van der Waals surface area contributed by atoms with Crippen molar-refractivity contribution in [2.75, 3.05) is 0 Å². The van der Waals surface area contributed by atoms with Gasteiger partial charge in [-0.05, 0) is 45.0 Å². The van der Waals surface area contributed by atoms with E-state index in [0.29, 0.717) is 5.56 Å². The number of hydrogen-bond acceptors (Lipinski definition) is 5. The van der Waals surface area contributed by atoms with E-state index in [1.165, 1.54) is 12.1 Å². The zero-order chi connectivity index (χ0) is 18.4. The standard InChI is InChI=1S/C19H22O5S/c1-14-9-11-18(12-10-14)25(21,22)24-16(3)13-15(2)23-19(20)17-7-5-4-6-8-17/h4-12,15-16H,13H2,1-3H3/t15-,16+/m1/s1. The molecule has 0 aromatic heterocycles. The predicted molar refractivity (Wildman–Crippen MR) is 94.8 cm³/mol. The van der Waals surface area contributed by atoms with Crippen molar-refractivity contribution < 1.29 is 22.1 Å². The summed E-state index contributed by atoms with van der Waals surface area (Å²) in [5.41, 5.74) is 1.42. The van der Waals surface area contributed by atoms with Crippen LogP contribution >= 0.6 is 0 Å². The monoisotopic (exact) mass is 362 g/mol. The highest BCUT2D eigenvalue weighted by Gasteiger charge is 2.22. The first kappa shape index (κ1) is 19.1. The first-order valence-electron chi connectivity index (χ1n) is 8.04. The van der Waals surface area contributed by atoms with Crippen molar-refractivity contribution >= 4 is 16.1 Å². The van der Waals surface area contributed by atoms with Gasteiger partial charge in [-0.25, -0.2) is 4.79 Å². The molecular formula is C19H22O5S. The van der Waals surface area contributed by atoms with Crippen LogP contribution in [-0.4, -0.2) is 26.6 Å². The number of benzene rings is 2. The van der Waals surface area contributed by atoms with Crippen LogP contribution in [0, 0.1) is 6.92 Å². The molecule has 0 fully saturated rings. The van der Waals surface area contributed by atoms with E-state index in [1.54, 1.807) is 50.2 Å². The molecular weight excluding hydrogens is 340 g/mol. The van der Waals surface area contributed by atoms with E-state index in [-0.39, 0.29) is 11.3 Å². The normalized spacial score (nSPS) is 13.9. The number of esters is 1. The molecule has 0 N–H and O–H groups in total. The first-order valence-corrected chi connectivity index (χ1v) is 9.45. The van der Waals surface area contributed by atoms with Gasteiger partial charge in [-0.15, -0.1) is 0 Å². The van der Waals surface area contributed by atoms with Gasteiger partial charge in [0.2, 0.25) is 0 Å². The fourth-order valence-electron chi connectivity index (χ4n) is 2.36. The fraction of sp³-hybridized carbons (Fsp3) is 0.316. The molecule has 0 aliphatic carbocycles. The van der Waals surface area contributed by atoms with Crippen LogP contribution in [0.2, 0.25) is 0 Å². The Labute approximate surface area is 148 Å². The van der Waals surface area contributed by atoms with Crippen LogP contribution in [-0.2, 0) is 19.0 Å². The van der Waals surface area contributed by atoms with Gasteiger partial charge < -0.3 is 4.74 Å². The lowest BCUT2D eigenvalue weighted by atomic mass is 10.2. The molecule has 2 atom stereocenters. The third-order valence-electron chi connectivity index (χ3n) is 3.58. The van der Waals surface area contributed by atoms with Gasteiger partial charge in [-0.3, -0.25) is 4.18 Å². The Morgan fingerprint density at radius 1 is 0.960 bits per heavy atom. The number of hydrogen-bond donors (Lipinski definition) is 0. The van der Waals surface area contributed by atoms with E-state index < -0.39 is 28.3 Å². The first-order chi connectivity index (χ1) is 11.8. The second-order valence-electron chi connectivity index (χ2n) is 5.99. The third-order valence-corrected chi connectivity index (χ3v) is 5.01. The molecule has 0 radical (unpaired) electrons. The maximum Gasteiger partial charge on any atom is 0.338 e. The van der Waals surface area contributed by atoms with Crippen molar-refractivity contribution in [2.24, 2.45) is 0 Å². The van der Waals surface area contributed by atoms with E-state index in [9.17, 15) is 13.2 Å². The number of aryl methyl sites for hydroxylation is 1. The summed E-state index contributed by atoms with van der Waals surface area (Å²) in [4.78, 5) is 12.1. The molecule has 0 unspecified atom stereocenters. The Morgan fingerprint density at radius 3 is 2.16 bits per heavy atom. The summed E-state index contributed by atoms with van der Waals surface area (Å²) in [5, 5.41) is 0. The van der Waals surface area contributed by atoms with Crippen LogP contribution in [0.15, 0.2) is 59.5 Å². The lowest BCUT2D eigenvalue weighted by Crippen LogP contribution is -2.23. The van der Waals surface area contributed by atoms with Crippen LogP contribution < -0.4 is 0 Å². The van der Waals surface area contributed by atoms with Crippen LogP contribution in [0.1, 0.15) is 36.2 Å². The highest BCUT2D eigenvalue weighted by atomic mass is 32.2. The van der Waals surface area contributed by atoms with Gasteiger partial charge in [0.15, 0.2) is 0 Å². The minimum atomic E-state index is -3.84. The summed E-state index contributed by atoms with van der Waals surface area (Å²) >= 11 is 0. The smallest absolute Gasteiger partial charge is 0.338 e. The van der Waals surface area contributed by atoms with Gasteiger partial charge in [0.1, 0.15) is 6.10 Å². The Balaban J connectivity index is 1.91. The quantitative estimate of drug-likeness (QED) is 0.554.